The maximum Gasteiger partial charge on any atom is 0.511 e. The molecule has 0 aromatic rings. The van der Waals surface area contributed by atoms with E-state index in [1.165, 1.54) is 14.0 Å². The molecule has 1 unspecified atom stereocenters. The van der Waals surface area contributed by atoms with Crippen LogP contribution in [0.1, 0.15) is 40.5 Å². The molecule has 128 valence electrons. The molecular weight excluding hydrogens is 298 g/mol. The van der Waals surface area contributed by atoms with Gasteiger partial charge in [0.1, 0.15) is 5.60 Å². The zero-order chi connectivity index (χ0) is 17.3. The highest BCUT2D eigenvalue weighted by molar-refractivity contribution is 5.66. The van der Waals surface area contributed by atoms with Gasteiger partial charge in [-0.2, -0.15) is 0 Å². The van der Waals surface area contributed by atoms with E-state index in [4.69, 9.17) is 19.4 Å². The lowest BCUT2D eigenvalue weighted by Gasteiger charge is -2.20. The fraction of sp³-hybridized carbons (Fsp3) is 0.833. The van der Waals surface area contributed by atoms with Crippen LogP contribution in [0.25, 0.3) is 0 Å². The van der Waals surface area contributed by atoms with Gasteiger partial charge in [-0.25, -0.2) is 4.79 Å². The molecule has 0 spiro atoms. The Kier molecular flexibility index (Phi) is 7.99. The molecule has 0 bridgehead atoms. The molecule has 0 rings (SSSR count). The molecule has 1 atom stereocenters. The summed E-state index contributed by atoms with van der Waals surface area (Å²) in [5.74, 6) is -0.946. The van der Waals surface area contributed by atoms with Crippen molar-refractivity contribution in [2.75, 3.05) is 13.6 Å². The van der Waals surface area contributed by atoms with E-state index in [9.17, 15) is 14.8 Å². The summed E-state index contributed by atoms with van der Waals surface area (Å²) in [4.78, 5) is 26.5. The third-order valence-corrected chi connectivity index (χ3v) is 2.08. The molecule has 0 saturated heterocycles. The van der Waals surface area contributed by atoms with Crippen LogP contribution in [0.2, 0.25) is 0 Å². The van der Waals surface area contributed by atoms with Gasteiger partial charge in [0.25, 0.3) is 6.29 Å². The Morgan fingerprint density at radius 2 is 2.00 bits per heavy atom. The maximum atomic E-state index is 11.5. The molecule has 0 amide bonds. The minimum Gasteiger partial charge on any atom is -0.569 e. The lowest BCUT2D eigenvalue weighted by atomic mass is 10.2. The summed E-state index contributed by atoms with van der Waals surface area (Å²) < 4.78 is 9.63. The van der Waals surface area contributed by atoms with Crippen molar-refractivity contribution in [3.05, 3.63) is 5.21 Å². The first-order chi connectivity index (χ1) is 10.0. The van der Waals surface area contributed by atoms with Gasteiger partial charge in [0.15, 0.2) is 0 Å². The second-order valence-electron chi connectivity index (χ2n) is 5.47. The van der Waals surface area contributed by atoms with E-state index in [-0.39, 0.29) is 24.4 Å². The fourth-order valence-electron chi connectivity index (χ4n) is 1.14. The third-order valence-electron chi connectivity index (χ3n) is 2.08. The van der Waals surface area contributed by atoms with Crippen molar-refractivity contribution in [3.63, 3.8) is 0 Å². The molecule has 10 heteroatoms. The summed E-state index contributed by atoms with van der Waals surface area (Å²) in [6.07, 6.45) is -1.83. The van der Waals surface area contributed by atoms with Crippen molar-refractivity contribution in [1.82, 2.24) is 5.01 Å². The van der Waals surface area contributed by atoms with Crippen LogP contribution in [-0.2, 0) is 19.1 Å². The number of hydrogen-bond donors (Lipinski definition) is 1. The van der Waals surface area contributed by atoms with Gasteiger partial charge in [0.2, 0.25) is 5.28 Å². The van der Waals surface area contributed by atoms with Gasteiger partial charge in [-0.3, -0.25) is 9.63 Å². The molecule has 0 aliphatic heterocycles. The monoisotopic (exact) mass is 321 g/mol. The molecule has 1 N–H and O–H groups in total. The van der Waals surface area contributed by atoms with Crippen molar-refractivity contribution in [2.45, 2.75) is 52.4 Å². The van der Waals surface area contributed by atoms with Crippen LogP contribution < -0.4 is 0 Å². The Morgan fingerprint density at radius 1 is 1.41 bits per heavy atom. The summed E-state index contributed by atoms with van der Waals surface area (Å²) in [6.45, 7) is 6.58. The van der Waals surface area contributed by atoms with Crippen LogP contribution in [0.5, 0.6) is 0 Å². The molecule has 0 aliphatic rings. The minimum atomic E-state index is -1.11. The first-order valence-corrected chi connectivity index (χ1v) is 6.68. The SMILES string of the molecule is CC(ON=[N+]([O-])N(C)CCCC(=O)O)OC(=O)OC(C)(C)C. The summed E-state index contributed by atoms with van der Waals surface area (Å²) in [5, 5.41) is 24.3. The van der Waals surface area contributed by atoms with E-state index >= 15 is 0 Å². The first kappa shape index (κ1) is 19.7. The number of carbonyl (C=O) groups excluding carboxylic acids is 1. The Hall–Kier alpha value is -2.26. The van der Waals surface area contributed by atoms with Crippen LogP contribution in [-0.4, -0.2) is 52.7 Å². The highest BCUT2D eigenvalue weighted by atomic mass is 16.8. The highest BCUT2D eigenvalue weighted by Crippen LogP contribution is 2.09. The van der Waals surface area contributed by atoms with E-state index < -0.39 is 24.0 Å². The Balaban J connectivity index is 4.16. The van der Waals surface area contributed by atoms with Crippen LogP contribution in [0.15, 0.2) is 5.28 Å². The number of rotatable bonds is 8. The van der Waals surface area contributed by atoms with E-state index in [2.05, 4.69) is 5.28 Å². The second kappa shape index (κ2) is 8.90. The lowest BCUT2D eigenvalue weighted by Crippen LogP contribution is -2.29. The number of aliphatic carboxylic acids is 1. The number of ether oxygens (including phenoxy) is 2. The number of nitrogens with zero attached hydrogens (tertiary/aromatic N) is 3. The molecule has 0 radical (unpaired) electrons. The lowest BCUT2D eigenvalue weighted by molar-refractivity contribution is -0.707. The fourth-order valence-corrected chi connectivity index (χ4v) is 1.14. The average molecular weight is 321 g/mol. The van der Waals surface area contributed by atoms with Crippen molar-refractivity contribution < 1.29 is 34.0 Å². The molecule has 0 heterocycles. The molecule has 0 aromatic carbocycles. The van der Waals surface area contributed by atoms with Crippen LogP contribution in [0.4, 0.5) is 4.79 Å². The van der Waals surface area contributed by atoms with Crippen molar-refractivity contribution in [2.24, 2.45) is 5.28 Å². The maximum absolute atomic E-state index is 11.5. The topological polar surface area (TPSA) is 124 Å². The van der Waals surface area contributed by atoms with Gasteiger partial charge in [0, 0.05) is 13.3 Å². The Morgan fingerprint density at radius 3 is 2.50 bits per heavy atom. The average Bonchev–Trinajstić information content (AvgIpc) is 2.32. The standard InChI is InChI=1S/C12H23N3O7/c1-9(20-11(18)21-12(2,3)4)22-13-15(19)14(5)8-6-7-10(16)17/h9H,6-8H2,1-5H3,(H,16,17). The van der Waals surface area contributed by atoms with Gasteiger partial charge in [-0.05, 0) is 27.2 Å². The predicted octanol–water partition coefficient (Wildman–Crippen LogP) is 1.89. The molecule has 0 saturated carbocycles. The summed E-state index contributed by atoms with van der Waals surface area (Å²) in [5.41, 5.74) is -0.705. The number of carboxylic acid groups (broad SMARTS) is 1. The van der Waals surface area contributed by atoms with E-state index in [0.717, 1.165) is 5.01 Å². The Bertz CT molecular complexity index is 406. The normalized spacial score (nSPS) is 13.2. The van der Waals surface area contributed by atoms with Gasteiger partial charge < -0.3 is 19.8 Å². The van der Waals surface area contributed by atoms with Crippen molar-refractivity contribution in [1.29, 1.82) is 0 Å². The van der Waals surface area contributed by atoms with E-state index in [1.807, 2.05) is 0 Å². The largest absolute Gasteiger partial charge is 0.569 e. The zero-order valence-corrected chi connectivity index (χ0v) is 13.4. The van der Waals surface area contributed by atoms with Gasteiger partial charge in [-0.1, -0.05) is 0 Å². The second-order valence-corrected chi connectivity index (χ2v) is 5.47. The van der Waals surface area contributed by atoms with Gasteiger partial charge >= 0.3 is 12.1 Å². The number of carbonyl (C=O) groups is 2. The summed E-state index contributed by atoms with van der Waals surface area (Å²) in [7, 11) is 1.42. The van der Waals surface area contributed by atoms with E-state index in [1.54, 1.807) is 20.8 Å². The molecule has 0 fully saturated rings. The van der Waals surface area contributed by atoms with Crippen LogP contribution in [0.3, 0.4) is 0 Å². The van der Waals surface area contributed by atoms with Crippen LogP contribution in [0, 0.1) is 5.21 Å². The molecule has 10 nitrogen and oxygen atoms in total. The molecule has 22 heavy (non-hydrogen) atoms. The molecule has 0 aromatic heterocycles. The zero-order valence-electron chi connectivity index (χ0n) is 13.4. The summed E-state index contributed by atoms with van der Waals surface area (Å²) in [6, 6.07) is 0. The number of hydrogen-bond acceptors (Lipinski definition) is 7. The van der Waals surface area contributed by atoms with Gasteiger partial charge in [-0.15, -0.1) is 5.01 Å². The number of hydrazine groups is 1. The van der Waals surface area contributed by atoms with Crippen molar-refractivity contribution >= 4 is 12.1 Å². The molecule has 0 aliphatic carbocycles. The first-order valence-electron chi connectivity index (χ1n) is 6.68. The molecular formula is C12H23N3O7. The van der Waals surface area contributed by atoms with Crippen LogP contribution >= 0.6 is 0 Å². The van der Waals surface area contributed by atoms with E-state index in [0.29, 0.717) is 0 Å². The number of carboxylic acids is 1. The summed E-state index contributed by atoms with van der Waals surface area (Å²) >= 11 is 0. The minimum absolute atomic E-state index is 0.0583. The smallest absolute Gasteiger partial charge is 0.511 e. The highest BCUT2D eigenvalue weighted by Gasteiger charge is 2.20. The predicted molar refractivity (Wildman–Crippen MR) is 73.4 cm³/mol. The Labute approximate surface area is 128 Å². The quantitative estimate of drug-likeness (QED) is 0.236. The van der Waals surface area contributed by atoms with Crippen molar-refractivity contribution in [3.8, 4) is 0 Å². The third kappa shape index (κ3) is 10.5. The van der Waals surface area contributed by atoms with Gasteiger partial charge in [0.05, 0.1) is 18.6 Å².